The Labute approximate surface area is 103 Å². The second-order valence-corrected chi connectivity index (χ2v) is 5.06. The fourth-order valence-corrected chi connectivity index (χ4v) is 2.81. The molecule has 1 aliphatic carbocycles. The largest absolute Gasteiger partial charge is 0.468 e. The van der Waals surface area contributed by atoms with Gasteiger partial charge < -0.3 is 14.8 Å². The summed E-state index contributed by atoms with van der Waals surface area (Å²) in [6, 6.07) is 4.27. The van der Waals surface area contributed by atoms with Crippen LogP contribution >= 0.6 is 0 Å². The number of aliphatic hydroxyl groups excluding tert-OH is 1. The molecule has 0 saturated heterocycles. The number of aliphatic hydroxyl groups is 1. The van der Waals surface area contributed by atoms with E-state index >= 15 is 0 Å². The molecule has 1 aromatic rings. The molecule has 2 N–H and O–H groups in total. The highest BCUT2D eigenvalue weighted by molar-refractivity contribution is 5.05. The molecule has 1 saturated carbocycles. The Balaban J connectivity index is 1.90. The van der Waals surface area contributed by atoms with Crippen LogP contribution in [0.4, 0.5) is 0 Å². The topological polar surface area (TPSA) is 45.4 Å². The van der Waals surface area contributed by atoms with Gasteiger partial charge >= 0.3 is 0 Å². The SMILES string of the molecule is CCC1CCCC(NC(CO)c2ccco2)C1. The van der Waals surface area contributed by atoms with Crippen LogP contribution in [0, 0.1) is 5.92 Å². The van der Waals surface area contributed by atoms with Crippen molar-refractivity contribution in [3.8, 4) is 0 Å². The summed E-state index contributed by atoms with van der Waals surface area (Å²) in [7, 11) is 0. The van der Waals surface area contributed by atoms with E-state index in [4.69, 9.17) is 4.42 Å². The maximum Gasteiger partial charge on any atom is 0.123 e. The van der Waals surface area contributed by atoms with E-state index in [2.05, 4.69) is 12.2 Å². The third-order valence-corrected chi connectivity index (χ3v) is 3.87. The minimum absolute atomic E-state index is 0.0504. The lowest BCUT2D eigenvalue weighted by atomic mass is 9.84. The Kier molecular flexibility index (Phi) is 4.63. The van der Waals surface area contributed by atoms with E-state index in [1.807, 2.05) is 12.1 Å². The van der Waals surface area contributed by atoms with Crippen molar-refractivity contribution in [1.29, 1.82) is 0 Å². The molecule has 3 unspecified atom stereocenters. The zero-order valence-electron chi connectivity index (χ0n) is 10.6. The maximum absolute atomic E-state index is 9.43. The molecule has 3 atom stereocenters. The molecule has 0 aromatic carbocycles. The summed E-state index contributed by atoms with van der Waals surface area (Å²) in [5, 5.41) is 13.0. The summed E-state index contributed by atoms with van der Waals surface area (Å²) in [6.45, 7) is 2.36. The van der Waals surface area contributed by atoms with Gasteiger partial charge in [-0.25, -0.2) is 0 Å². The molecule has 3 nitrogen and oxygen atoms in total. The van der Waals surface area contributed by atoms with Crippen LogP contribution in [0.3, 0.4) is 0 Å². The highest BCUT2D eigenvalue weighted by Crippen LogP contribution is 2.28. The van der Waals surface area contributed by atoms with Crippen LogP contribution in [0.25, 0.3) is 0 Å². The van der Waals surface area contributed by atoms with Crippen molar-refractivity contribution in [1.82, 2.24) is 5.32 Å². The fraction of sp³-hybridized carbons (Fsp3) is 0.714. The third kappa shape index (κ3) is 3.33. The first kappa shape index (κ1) is 12.7. The van der Waals surface area contributed by atoms with E-state index in [9.17, 15) is 5.11 Å². The first-order valence-corrected chi connectivity index (χ1v) is 6.73. The summed E-state index contributed by atoms with van der Waals surface area (Å²) in [5.74, 6) is 1.68. The van der Waals surface area contributed by atoms with Crippen molar-refractivity contribution in [2.45, 2.75) is 51.1 Å². The van der Waals surface area contributed by atoms with Gasteiger partial charge in [0.2, 0.25) is 0 Å². The minimum Gasteiger partial charge on any atom is -0.468 e. The maximum atomic E-state index is 9.43. The van der Waals surface area contributed by atoms with Gasteiger partial charge in [0, 0.05) is 6.04 Å². The van der Waals surface area contributed by atoms with Crippen LogP contribution in [0.5, 0.6) is 0 Å². The van der Waals surface area contributed by atoms with Crippen LogP contribution in [0.1, 0.15) is 50.8 Å². The summed E-state index contributed by atoms with van der Waals surface area (Å²) in [4.78, 5) is 0. The van der Waals surface area contributed by atoms with Crippen LogP contribution in [0.15, 0.2) is 22.8 Å². The monoisotopic (exact) mass is 237 g/mol. The number of nitrogens with one attached hydrogen (secondary N) is 1. The Morgan fingerprint density at radius 2 is 2.41 bits per heavy atom. The van der Waals surface area contributed by atoms with E-state index in [-0.39, 0.29) is 12.6 Å². The van der Waals surface area contributed by atoms with Gasteiger partial charge in [0.1, 0.15) is 5.76 Å². The predicted octanol–water partition coefficient (Wildman–Crippen LogP) is 2.87. The molecule has 1 fully saturated rings. The molecule has 1 aromatic heterocycles. The number of rotatable bonds is 5. The van der Waals surface area contributed by atoms with Gasteiger partial charge in [0.05, 0.1) is 18.9 Å². The predicted molar refractivity (Wildman–Crippen MR) is 67.7 cm³/mol. The number of hydrogen-bond donors (Lipinski definition) is 2. The molecular weight excluding hydrogens is 214 g/mol. The van der Waals surface area contributed by atoms with Gasteiger partial charge in [-0.1, -0.05) is 26.2 Å². The summed E-state index contributed by atoms with van der Waals surface area (Å²) >= 11 is 0. The van der Waals surface area contributed by atoms with E-state index in [1.54, 1.807) is 6.26 Å². The lowest BCUT2D eigenvalue weighted by Crippen LogP contribution is -2.38. The minimum atomic E-state index is -0.0504. The van der Waals surface area contributed by atoms with Gasteiger partial charge in [-0.2, -0.15) is 0 Å². The summed E-state index contributed by atoms with van der Waals surface area (Å²) in [5.41, 5.74) is 0. The molecule has 0 amide bonds. The normalized spacial score (nSPS) is 26.9. The molecular formula is C14H23NO2. The first-order valence-electron chi connectivity index (χ1n) is 6.73. The van der Waals surface area contributed by atoms with Gasteiger partial charge in [0.25, 0.3) is 0 Å². The van der Waals surface area contributed by atoms with Crippen molar-refractivity contribution in [3.05, 3.63) is 24.2 Å². The molecule has 1 heterocycles. The molecule has 0 aliphatic heterocycles. The molecule has 17 heavy (non-hydrogen) atoms. The molecule has 0 radical (unpaired) electrons. The van der Waals surface area contributed by atoms with E-state index in [0.29, 0.717) is 6.04 Å². The molecule has 0 spiro atoms. The lowest BCUT2D eigenvalue weighted by molar-refractivity contribution is 0.189. The fourth-order valence-electron chi connectivity index (χ4n) is 2.81. The Morgan fingerprint density at radius 3 is 3.06 bits per heavy atom. The first-order chi connectivity index (χ1) is 8.33. The van der Waals surface area contributed by atoms with Gasteiger partial charge in [-0.3, -0.25) is 0 Å². The highest BCUT2D eigenvalue weighted by Gasteiger charge is 2.24. The Hall–Kier alpha value is -0.800. The quantitative estimate of drug-likeness (QED) is 0.827. The summed E-state index contributed by atoms with van der Waals surface area (Å²) in [6.07, 6.45) is 8.03. The summed E-state index contributed by atoms with van der Waals surface area (Å²) < 4.78 is 5.36. The molecule has 3 heteroatoms. The van der Waals surface area contributed by atoms with Crippen LogP contribution in [-0.2, 0) is 0 Å². The zero-order valence-corrected chi connectivity index (χ0v) is 10.6. The van der Waals surface area contributed by atoms with Crippen molar-refractivity contribution in [3.63, 3.8) is 0 Å². The van der Waals surface area contributed by atoms with Crippen molar-refractivity contribution in [2.75, 3.05) is 6.61 Å². The zero-order chi connectivity index (χ0) is 12.1. The number of furan rings is 1. The van der Waals surface area contributed by atoms with Crippen LogP contribution in [0.2, 0.25) is 0 Å². The number of hydrogen-bond acceptors (Lipinski definition) is 3. The van der Waals surface area contributed by atoms with Crippen LogP contribution in [-0.4, -0.2) is 17.8 Å². The van der Waals surface area contributed by atoms with Gasteiger partial charge in [-0.15, -0.1) is 0 Å². The second kappa shape index (κ2) is 6.22. The molecule has 2 rings (SSSR count). The van der Waals surface area contributed by atoms with Gasteiger partial charge in [-0.05, 0) is 30.9 Å². The third-order valence-electron chi connectivity index (χ3n) is 3.87. The van der Waals surface area contributed by atoms with E-state index < -0.39 is 0 Å². The average Bonchev–Trinajstić information content (AvgIpc) is 2.90. The second-order valence-electron chi connectivity index (χ2n) is 5.06. The average molecular weight is 237 g/mol. The van der Waals surface area contributed by atoms with Crippen LogP contribution < -0.4 is 5.32 Å². The molecule has 1 aliphatic rings. The Bertz CT molecular complexity index is 310. The van der Waals surface area contributed by atoms with Crippen molar-refractivity contribution in [2.24, 2.45) is 5.92 Å². The van der Waals surface area contributed by atoms with Crippen molar-refractivity contribution >= 4 is 0 Å². The smallest absolute Gasteiger partial charge is 0.123 e. The Morgan fingerprint density at radius 1 is 1.53 bits per heavy atom. The highest BCUT2D eigenvalue weighted by atomic mass is 16.3. The lowest BCUT2D eigenvalue weighted by Gasteiger charge is -2.31. The molecule has 96 valence electrons. The standard InChI is InChI=1S/C14H23NO2/c1-2-11-5-3-6-12(9-11)15-13(10-16)14-7-4-8-17-14/h4,7-8,11-13,15-16H,2-3,5-6,9-10H2,1H3. The van der Waals surface area contributed by atoms with E-state index in [1.165, 1.54) is 32.1 Å². The van der Waals surface area contributed by atoms with Crippen molar-refractivity contribution < 1.29 is 9.52 Å². The molecule has 0 bridgehead atoms. The van der Waals surface area contributed by atoms with Gasteiger partial charge in [0.15, 0.2) is 0 Å². The van der Waals surface area contributed by atoms with E-state index in [0.717, 1.165) is 11.7 Å².